The molecule has 156 valence electrons. The summed E-state index contributed by atoms with van der Waals surface area (Å²) in [5, 5.41) is 0. The van der Waals surface area contributed by atoms with E-state index in [-0.39, 0.29) is 29.6 Å². The van der Waals surface area contributed by atoms with E-state index in [4.69, 9.17) is 4.74 Å². The summed E-state index contributed by atoms with van der Waals surface area (Å²) in [5.74, 6) is -0.755. The number of halogens is 1. The van der Waals surface area contributed by atoms with Gasteiger partial charge in [-0.2, -0.15) is 0 Å². The first-order chi connectivity index (χ1) is 14.5. The topological polar surface area (TPSA) is 49.9 Å². The maximum Gasteiger partial charge on any atom is 0.257 e. The van der Waals surface area contributed by atoms with E-state index in [1.807, 2.05) is 23.1 Å². The Labute approximate surface area is 175 Å². The first-order valence-corrected chi connectivity index (χ1v) is 10.6. The number of carbonyl (C=O) groups excluding carboxylic acids is 2. The molecular weight excluding hydrogens is 383 g/mol. The van der Waals surface area contributed by atoms with Crippen molar-refractivity contribution in [1.29, 1.82) is 0 Å². The van der Waals surface area contributed by atoms with Crippen molar-refractivity contribution in [3.05, 3.63) is 71.0 Å². The van der Waals surface area contributed by atoms with Crippen LogP contribution in [0, 0.1) is 12.7 Å². The minimum absolute atomic E-state index is 0.0349. The number of benzene rings is 2. The summed E-state index contributed by atoms with van der Waals surface area (Å²) in [4.78, 5) is 29.8. The monoisotopic (exact) mass is 408 g/mol. The number of fused-ring (bicyclic) bond motifs is 1. The SMILES string of the molecule is Cc1cccc(C(=O)N2CCC3(CC2)O[C@@H]2CC[C@@H](c4ccccc4)N2C3=O)c1F. The van der Waals surface area contributed by atoms with Gasteiger partial charge in [0.05, 0.1) is 11.6 Å². The first kappa shape index (κ1) is 19.2. The molecule has 6 heteroatoms. The number of ether oxygens (including phenoxy) is 1. The number of hydrogen-bond donors (Lipinski definition) is 0. The van der Waals surface area contributed by atoms with Gasteiger partial charge in [-0.3, -0.25) is 9.59 Å². The molecule has 3 fully saturated rings. The van der Waals surface area contributed by atoms with Crippen molar-refractivity contribution in [2.24, 2.45) is 0 Å². The second-order valence-electron chi connectivity index (χ2n) is 8.51. The molecule has 0 aromatic heterocycles. The molecule has 0 bridgehead atoms. The molecule has 0 aliphatic carbocycles. The van der Waals surface area contributed by atoms with Crippen molar-refractivity contribution in [2.45, 2.75) is 50.5 Å². The molecule has 2 amide bonds. The van der Waals surface area contributed by atoms with Crippen LogP contribution in [0.3, 0.4) is 0 Å². The van der Waals surface area contributed by atoms with Gasteiger partial charge in [-0.1, -0.05) is 42.5 Å². The van der Waals surface area contributed by atoms with E-state index in [9.17, 15) is 14.0 Å². The number of carbonyl (C=O) groups is 2. The van der Waals surface area contributed by atoms with E-state index in [1.165, 1.54) is 6.07 Å². The Morgan fingerprint density at radius 3 is 2.53 bits per heavy atom. The van der Waals surface area contributed by atoms with Gasteiger partial charge >= 0.3 is 0 Å². The molecule has 3 aliphatic rings. The molecule has 2 aromatic rings. The molecule has 3 aliphatic heterocycles. The van der Waals surface area contributed by atoms with E-state index in [0.717, 1.165) is 18.4 Å². The smallest absolute Gasteiger partial charge is 0.257 e. The molecule has 2 atom stereocenters. The minimum Gasteiger partial charge on any atom is -0.342 e. The third-order valence-corrected chi connectivity index (χ3v) is 6.78. The third kappa shape index (κ3) is 2.93. The molecule has 3 heterocycles. The van der Waals surface area contributed by atoms with Crippen LogP contribution in [0.15, 0.2) is 48.5 Å². The number of nitrogens with zero attached hydrogens (tertiary/aromatic N) is 2. The molecular formula is C24H25FN2O3. The maximum atomic E-state index is 14.4. The van der Waals surface area contributed by atoms with Crippen LogP contribution in [-0.2, 0) is 9.53 Å². The molecule has 0 saturated carbocycles. The highest BCUT2D eigenvalue weighted by atomic mass is 19.1. The fourth-order valence-corrected chi connectivity index (χ4v) is 5.10. The highest BCUT2D eigenvalue weighted by molar-refractivity contribution is 5.95. The van der Waals surface area contributed by atoms with Gasteiger partial charge in [0.25, 0.3) is 11.8 Å². The molecule has 3 saturated heterocycles. The maximum absolute atomic E-state index is 14.4. The first-order valence-electron chi connectivity index (χ1n) is 10.6. The third-order valence-electron chi connectivity index (χ3n) is 6.78. The Morgan fingerprint density at radius 1 is 1.07 bits per heavy atom. The fraction of sp³-hybridized carbons (Fsp3) is 0.417. The van der Waals surface area contributed by atoms with Crippen LogP contribution in [0.4, 0.5) is 4.39 Å². The van der Waals surface area contributed by atoms with E-state index in [2.05, 4.69) is 12.1 Å². The Balaban J connectivity index is 1.31. The van der Waals surface area contributed by atoms with E-state index in [0.29, 0.717) is 31.5 Å². The molecule has 0 unspecified atom stereocenters. The second-order valence-corrected chi connectivity index (χ2v) is 8.51. The van der Waals surface area contributed by atoms with E-state index >= 15 is 0 Å². The summed E-state index contributed by atoms with van der Waals surface area (Å²) in [5.41, 5.74) is 0.821. The zero-order valence-corrected chi connectivity index (χ0v) is 17.0. The zero-order valence-electron chi connectivity index (χ0n) is 17.0. The lowest BCUT2D eigenvalue weighted by Gasteiger charge is -2.37. The zero-order chi connectivity index (χ0) is 20.9. The number of rotatable bonds is 2. The second kappa shape index (κ2) is 7.20. The Morgan fingerprint density at radius 2 is 1.80 bits per heavy atom. The highest BCUT2D eigenvalue weighted by Crippen LogP contribution is 2.47. The van der Waals surface area contributed by atoms with Gasteiger partial charge in [0, 0.05) is 25.9 Å². The van der Waals surface area contributed by atoms with Gasteiger partial charge in [0.2, 0.25) is 0 Å². The Bertz CT molecular complexity index is 985. The average molecular weight is 408 g/mol. The average Bonchev–Trinajstić information content (AvgIpc) is 3.29. The normalized spacial score (nSPS) is 25.1. The lowest BCUT2D eigenvalue weighted by molar-refractivity contribution is -0.142. The van der Waals surface area contributed by atoms with Gasteiger partial charge in [0.1, 0.15) is 12.0 Å². The predicted octanol–water partition coefficient (Wildman–Crippen LogP) is 3.83. The molecule has 2 aromatic carbocycles. The minimum atomic E-state index is -0.861. The summed E-state index contributed by atoms with van der Waals surface area (Å²) in [6.07, 6.45) is 2.41. The largest absolute Gasteiger partial charge is 0.342 e. The lowest BCUT2D eigenvalue weighted by atomic mass is 9.89. The van der Waals surface area contributed by atoms with Crippen LogP contribution in [0.1, 0.15) is 53.2 Å². The van der Waals surface area contributed by atoms with Crippen molar-refractivity contribution in [2.75, 3.05) is 13.1 Å². The number of aryl methyl sites for hydroxylation is 1. The Kier molecular flexibility index (Phi) is 4.62. The van der Waals surface area contributed by atoms with Gasteiger partial charge in [-0.05, 0) is 37.0 Å². The fourth-order valence-electron chi connectivity index (χ4n) is 5.10. The van der Waals surface area contributed by atoms with Crippen LogP contribution in [0.25, 0.3) is 0 Å². The number of likely N-dealkylation sites (tertiary alicyclic amines) is 1. The molecule has 0 radical (unpaired) electrons. The van der Waals surface area contributed by atoms with Gasteiger partial charge in [-0.15, -0.1) is 0 Å². The van der Waals surface area contributed by atoms with Crippen LogP contribution >= 0.6 is 0 Å². The van der Waals surface area contributed by atoms with Crippen molar-refractivity contribution in [3.8, 4) is 0 Å². The highest BCUT2D eigenvalue weighted by Gasteiger charge is 2.58. The van der Waals surface area contributed by atoms with Gasteiger partial charge in [0.15, 0.2) is 5.60 Å². The van der Waals surface area contributed by atoms with Gasteiger partial charge < -0.3 is 14.5 Å². The molecule has 5 nitrogen and oxygen atoms in total. The molecule has 0 N–H and O–H groups in total. The number of piperidine rings is 1. The van der Waals surface area contributed by atoms with Crippen LogP contribution in [-0.4, -0.2) is 46.5 Å². The van der Waals surface area contributed by atoms with Crippen LogP contribution in [0.2, 0.25) is 0 Å². The number of amides is 2. The summed E-state index contributed by atoms with van der Waals surface area (Å²) in [6.45, 7) is 2.42. The van der Waals surface area contributed by atoms with Crippen LogP contribution < -0.4 is 0 Å². The summed E-state index contributed by atoms with van der Waals surface area (Å²) in [7, 11) is 0. The summed E-state index contributed by atoms with van der Waals surface area (Å²) in [6, 6.07) is 15.0. The summed E-state index contributed by atoms with van der Waals surface area (Å²) < 4.78 is 20.7. The van der Waals surface area contributed by atoms with Crippen molar-refractivity contribution < 1.29 is 18.7 Å². The summed E-state index contributed by atoms with van der Waals surface area (Å²) >= 11 is 0. The standard InChI is InChI=1S/C24H25FN2O3/c1-16-6-5-9-18(21(16)25)22(28)26-14-12-24(13-15-26)23(29)27-19(10-11-20(27)30-24)17-7-3-2-4-8-17/h2-9,19-20H,10-15H2,1H3/t19-,20+/m0/s1. The molecule has 30 heavy (non-hydrogen) atoms. The Hall–Kier alpha value is -2.73. The van der Waals surface area contributed by atoms with Gasteiger partial charge in [-0.25, -0.2) is 4.39 Å². The quantitative estimate of drug-likeness (QED) is 0.759. The van der Waals surface area contributed by atoms with E-state index < -0.39 is 11.4 Å². The number of hydrogen-bond acceptors (Lipinski definition) is 3. The molecule has 1 spiro atoms. The predicted molar refractivity (Wildman–Crippen MR) is 109 cm³/mol. The van der Waals surface area contributed by atoms with E-state index in [1.54, 1.807) is 24.0 Å². The lowest BCUT2D eigenvalue weighted by Crippen LogP contribution is -2.51. The van der Waals surface area contributed by atoms with Crippen molar-refractivity contribution >= 4 is 11.8 Å². The van der Waals surface area contributed by atoms with Crippen molar-refractivity contribution in [3.63, 3.8) is 0 Å². The molecule has 5 rings (SSSR count). The van der Waals surface area contributed by atoms with Crippen LogP contribution in [0.5, 0.6) is 0 Å². The van der Waals surface area contributed by atoms with Crippen molar-refractivity contribution in [1.82, 2.24) is 9.80 Å².